The van der Waals surface area contributed by atoms with Gasteiger partial charge in [0.2, 0.25) is 0 Å². The van der Waals surface area contributed by atoms with Crippen molar-refractivity contribution < 1.29 is 17.6 Å². The van der Waals surface area contributed by atoms with Gasteiger partial charge in [-0.3, -0.25) is 5.43 Å². The van der Waals surface area contributed by atoms with Gasteiger partial charge in [0.15, 0.2) is 0 Å². The van der Waals surface area contributed by atoms with Gasteiger partial charge in [0.1, 0.15) is 23.1 Å². The molecule has 2 aromatic rings. The minimum Gasteiger partial charge on any atom is -0.460 e. The highest BCUT2D eigenvalue weighted by molar-refractivity contribution is 5.96. The molecule has 0 radical (unpaired) electrons. The number of rotatable bonds is 3. The molecule has 0 aliphatic carbocycles. The number of nitrogens with one attached hydrogen (secondary N) is 1. The number of nitrogens with zero attached hydrogens (tertiary/aromatic N) is 2. The lowest BCUT2D eigenvalue weighted by Crippen LogP contribution is -2.06. The van der Waals surface area contributed by atoms with Crippen LogP contribution < -0.4 is 5.43 Å². The maximum atomic E-state index is 12.4. The number of hydrazone groups is 1. The molecule has 0 spiro atoms. The molecule has 7 heteroatoms. The Morgan fingerprint density at radius 3 is 2.50 bits per heavy atom. The Morgan fingerprint density at radius 1 is 1.25 bits per heavy atom. The second kappa shape index (κ2) is 5.36. The first-order chi connectivity index (χ1) is 9.36. The summed E-state index contributed by atoms with van der Waals surface area (Å²) in [6.45, 7) is 3.52. The number of anilines is 1. The minimum atomic E-state index is -4.39. The molecule has 0 aliphatic heterocycles. The maximum Gasteiger partial charge on any atom is 0.417 e. The van der Waals surface area contributed by atoms with Crippen LogP contribution >= 0.6 is 0 Å². The van der Waals surface area contributed by atoms with E-state index < -0.39 is 11.7 Å². The Kier molecular flexibility index (Phi) is 3.78. The molecule has 4 nitrogen and oxygen atoms in total. The van der Waals surface area contributed by atoms with Gasteiger partial charge in [-0.25, -0.2) is 4.98 Å². The Labute approximate surface area is 113 Å². The van der Waals surface area contributed by atoms with E-state index in [0.717, 1.165) is 18.0 Å². The zero-order chi connectivity index (χ0) is 14.8. The van der Waals surface area contributed by atoms with E-state index in [9.17, 15) is 13.2 Å². The molecule has 0 atom stereocenters. The Morgan fingerprint density at radius 2 is 2.00 bits per heavy atom. The Hall–Kier alpha value is -2.31. The third-order valence-corrected chi connectivity index (χ3v) is 2.53. The number of furan rings is 1. The summed E-state index contributed by atoms with van der Waals surface area (Å²) in [4.78, 5) is 3.65. The van der Waals surface area contributed by atoms with Crippen LogP contribution in [0.1, 0.15) is 24.0 Å². The van der Waals surface area contributed by atoms with E-state index in [4.69, 9.17) is 4.42 Å². The number of aromatic nitrogens is 1. The molecule has 0 bridgehead atoms. The van der Waals surface area contributed by atoms with E-state index in [1.54, 1.807) is 19.1 Å². The van der Waals surface area contributed by atoms with Crippen LogP contribution in [-0.4, -0.2) is 10.7 Å². The van der Waals surface area contributed by atoms with Crippen LogP contribution in [0.15, 0.2) is 40.0 Å². The van der Waals surface area contributed by atoms with Gasteiger partial charge < -0.3 is 4.42 Å². The number of pyridine rings is 1. The van der Waals surface area contributed by atoms with Gasteiger partial charge >= 0.3 is 6.18 Å². The van der Waals surface area contributed by atoms with Crippen LogP contribution in [0.4, 0.5) is 19.0 Å². The fourth-order valence-electron chi connectivity index (χ4n) is 1.45. The molecule has 0 amide bonds. The molecule has 0 saturated carbocycles. The van der Waals surface area contributed by atoms with Crippen LogP contribution in [0.3, 0.4) is 0 Å². The zero-order valence-electron chi connectivity index (χ0n) is 10.8. The monoisotopic (exact) mass is 283 g/mol. The van der Waals surface area contributed by atoms with Gasteiger partial charge in [-0.1, -0.05) is 0 Å². The molecular weight excluding hydrogens is 271 g/mol. The highest BCUT2D eigenvalue weighted by Crippen LogP contribution is 2.28. The van der Waals surface area contributed by atoms with Crippen molar-refractivity contribution in [2.45, 2.75) is 20.0 Å². The van der Waals surface area contributed by atoms with Gasteiger partial charge in [-0.15, -0.1) is 0 Å². The summed E-state index contributed by atoms with van der Waals surface area (Å²) < 4.78 is 42.4. The average molecular weight is 283 g/mol. The normalized spacial score (nSPS) is 12.6. The molecule has 2 aromatic heterocycles. The predicted octanol–water partition coefficient (Wildman–Crippen LogP) is 3.84. The number of halogens is 3. The molecule has 2 rings (SSSR count). The second-order valence-electron chi connectivity index (χ2n) is 4.15. The summed E-state index contributed by atoms with van der Waals surface area (Å²) in [5.41, 5.74) is 2.35. The van der Waals surface area contributed by atoms with Crippen molar-refractivity contribution in [3.8, 4) is 0 Å². The largest absolute Gasteiger partial charge is 0.460 e. The average Bonchev–Trinajstić information content (AvgIpc) is 2.82. The van der Waals surface area contributed by atoms with E-state index in [1.165, 1.54) is 6.07 Å². The highest BCUT2D eigenvalue weighted by Gasteiger charge is 2.30. The van der Waals surface area contributed by atoms with Gasteiger partial charge in [0, 0.05) is 6.20 Å². The lowest BCUT2D eigenvalue weighted by molar-refractivity contribution is -0.137. The SMILES string of the molecule is C/C(=N\Nc1ccc(C(F)(F)F)cn1)c1ccc(C)o1. The van der Waals surface area contributed by atoms with Crippen molar-refractivity contribution in [1.29, 1.82) is 0 Å². The van der Waals surface area contributed by atoms with Crippen molar-refractivity contribution in [3.05, 3.63) is 47.5 Å². The quantitative estimate of drug-likeness (QED) is 0.687. The summed E-state index contributed by atoms with van der Waals surface area (Å²) in [5, 5.41) is 4.00. The molecule has 2 heterocycles. The highest BCUT2D eigenvalue weighted by atomic mass is 19.4. The number of hydrogen-bond acceptors (Lipinski definition) is 4. The summed E-state index contributed by atoms with van der Waals surface area (Å²) in [7, 11) is 0. The van der Waals surface area contributed by atoms with E-state index in [-0.39, 0.29) is 5.82 Å². The first-order valence-corrected chi connectivity index (χ1v) is 5.76. The predicted molar refractivity (Wildman–Crippen MR) is 68.5 cm³/mol. The molecule has 0 aliphatic rings. The van der Waals surface area contributed by atoms with Gasteiger partial charge in [-0.2, -0.15) is 18.3 Å². The molecule has 0 aromatic carbocycles. The third kappa shape index (κ3) is 3.37. The van der Waals surface area contributed by atoms with E-state index in [0.29, 0.717) is 11.5 Å². The van der Waals surface area contributed by atoms with Crippen LogP contribution in [-0.2, 0) is 6.18 Å². The van der Waals surface area contributed by atoms with E-state index >= 15 is 0 Å². The summed E-state index contributed by atoms with van der Waals surface area (Å²) >= 11 is 0. The van der Waals surface area contributed by atoms with Crippen LogP contribution in [0, 0.1) is 6.92 Å². The van der Waals surface area contributed by atoms with Gasteiger partial charge in [-0.05, 0) is 38.1 Å². The fourth-order valence-corrected chi connectivity index (χ4v) is 1.45. The molecule has 0 fully saturated rings. The Bertz CT molecular complexity index is 615. The molecule has 106 valence electrons. The van der Waals surface area contributed by atoms with Crippen molar-refractivity contribution in [3.63, 3.8) is 0 Å². The molecule has 20 heavy (non-hydrogen) atoms. The van der Waals surface area contributed by atoms with E-state index in [1.807, 2.05) is 6.92 Å². The number of alkyl halides is 3. The minimum absolute atomic E-state index is 0.223. The Balaban J connectivity index is 2.07. The van der Waals surface area contributed by atoms with Crippen LogP contribution in [0.25, 0.3) is 0 Å². The second-order valence-corrected chi connectivity index (χ2v) is 4.15. The fraction of sp³-hybridized carbons (Fsp3) is 0.231. The number of aryl methyl sites for hydroxylation is 1. The first kappa shape index (κ1) is 14.1. The topological polar surface area (TPSA) is 50.4 Å². The third-order valence-electron chi connectivity index (χ3n) is 2.53. The smallest absolute Gasteiger partial charge is 0.417 e. The van der Waals surface area contributed by atoms with Crippen molar-refractivity contribution >= 4 is 11.5 Å². The maximum absolute atomic E-state index is 12.4. The van der Waals surface area contributed by atoms with Crippen LogP contribution in [0.5, 0.6) is 0 Å². The molecule has 0 saturated heterocycles. The first-order valence-electron chi connectivity index (χ1n) is 5.76. The summed E-state index contributed by atoms with van der Waals surface area (Å²) in [5.74, 6) is 1.56. The van der Waals surface area contributed by atoms with Crippen molar-refractivity contribution in [1.82, 2.24) is 4.98 Å². The van der Waals surface area contributed by atoms with Gasteiger partial charge in [0.05, 0.1) is 5.56 Å². The van der Waals surface area contributed by atoms with Crippen LogP contribution in [0.2, 0.25) is 0 Å². The molecule has 0 unspecified atom stereocenters. The van der Waals surface area contributed by atoms with Crippen molar-refractivity contribution in [2.24, 2.45) is 5.10 Å². The zero-order valence-corrected chi connectivity index (χ0v) is 10.8. The van der Waals surface area contributed by atoms with E-state index in [2.05, 4.69) is 15.5 Å². The van der Waals surface area contributed by atoms with Crippen molar-refractivity contribution in [2.75, 3.05) is 5.43 Å². The number of hydrogen-bond donors (Lipinski definition) is 1. The lowest BCUT2D eigenvalue weighted by Gasteiger charge is -2.06. The summed E-state index contributed by atoms with van der Waals surface area (Å²) in [6.07, 6.45) is -3.64. The standard InChI is InChI=1S/C13H12F3N3O/c1-8-3-5-11(20-8)9(2)18-19-12-6-4-10(7-17-12)13(14,15)16/h3-7H,1-2H3,(H,17,19)/b18-9+. The molecular formula is C13H12F3N3O. The molecule has 1 N–H and O–H groups in total. The summed E-state index contributed by atoms with van der Waals surface area (Å²) in [6, 6.07) is 5.71. The lowest BCUT2D eigenvalue weighted by atomic mass is 10.3. The van der Waals surface area contributed by atoms with Gasteiger partial charge in [0.25, 0.3) is 0 Å².